The fourth-order valence-corrected chi connectivity index (χ4v) is 3.98. The molecule has 146 valence electrons. The molecule has 4 aromatic rings. The molecule has 1 amide bonds. The third-order valence-corrected chi connectivity index (χ3v) is 5.85. The lowest BCUT2D eigenvalue weighted by atomic mass is 10.1. The molecule has 29 heavy (non-hydrogen) atoms. The third-order valence-electron chi connectivity index (χ3n) is 4.44. The van der Waals surface area contributed by atoms with Crippen LogP contribution in [-0.4, -0.2) is 21.4 Å². The van der Waals surface area contributed by atoms with Gasteiger partial charge < -0.3 is 5.32 Å². The molecule has 0 spiro atoms. The zero-order chi connectivity index (χ0) is 20.2. The van der Waals surface area contributed by atoms with Crippen molar-refractivity contribution in [2.45, 2.75) is 23.6 Å². The fourth-order valence-electron chi connectivity index (χ4n) is 2.99. The lowest BCUT2D eigenvalue weighted by molar-refractivity contribution is -0.704. The molecule has 0 aliphatic heterocycles. The van der Waals surface area contributed by atoms with E-state index in [1.807, 2.05) is 67.6 Å². The van der Waals surface area contributed by atoms with Crippen molar-refractivity contribution in [2.24, 2.45) is 0 Å². The van der Waals surface area contributed by atoms with Gasteiger partial charge in [-0.2, -0.15) is 0 Å². The minimum atomic E-state index is -0.514. The molecule has 0 fully saturated rings. The molecule has 1 atom stereocenters. The molecule has 7 nitrogen and oxygen atoms in total. The monoisotopic (exact) mass is 407 g/mol. The van der Waals surface area contributed by atoms with Crippen molar-refractivity contribution < 1.29 is 14.0 Å². The number of carbonyl (C=O) groups is 1. The van der Waals surface area contributed by atoms with Crippen molar-refractivity contribution in [2.75, 3.05) is 5.32 Å². The number of rotatable bonds is 6. The minimum absolute atomic E-state index is 0.186. The van der Waals surface area contributed by atoms with Crippen molar-refractivity contribution in [1.29, 1.82) is 0 Å². The number of anilines is 1. The molecule has 1 unspecified atom stereocenters. The Kier molecular flexibility index (Phi) is 5.44. The van der Waals surface area contributed by atoms with Crippen LogP contribution in [0.4, 0.5) is 5.69 Å². The quantitative estimate of drug-likeness (QED) is 0.378. The summed E-state index contributed by atoms with van der Waals surface area (Å²) >= 11 is 1.17. The van der Waals surface area contributed by atoms with Crippen LogP contribution in [0.15, 0.2) is 81.2 Å². The second kappa shape index (κ2) is 8.32. The molecule has 0 saturated heterocycles. The van der Waals surface area contributed by atoms with Crippen LogP contribution in [0.5, 0.6) is 0 Å². The summed E-state index contributed by atoms with van der Waals surface area (Å²) in [6.07, 6.45) is 2.26. The van der Waals surface area contributed by atoms with Crippen molar-refractivity contribution >= 4 is 34.3 Å². The molecule has 0 aliphatic rings. The number of thioether (sulfide) groups is 1. The second-order valence-corrected chi connectivity index (χ2v) is 7.53. The van der Waals surface area contributed by atoms with Crippen LogP contribution in [0, 0.1) is 0 Å². The van der Waals surface area contributed by atoms with Crippen LogP contribution in [0.25, 0.3) is 16.6 Å². The Balaban J connectivity index is 1.60. The Hall–Kier alpha value is -3.39. The summed E-state index contributed by atoms with van der Waals surface area (Å²) in [6.45, 7) is 1.91. The second-order valence-electron chi connectivity index (χ2n) is 6.34. The van der Waals surface area contributed by atoms with Crippen LogP contribution in [0.2, 0.25) is 0 Å². The van der Waals surface area contributed by atoms with E-state index < -0.39 is 10.9 Å². The lowest BCUT2D eigenvalue weighted by Crippen LogP contribution is -2.37. The van der Waals surface area contributed by atoms with Gasteiger partial charge in [0.15, 0.2) is 0 Å². The average Bonchev–Trinajstić information content (AvgIpc) is 3.13. The molecule has 8 heteroatoms. The van der Waals surface area contributed by atoms with Crippen molar-refractivity contribution in [3.8, 4) is 5.69 Å². The number of carbonyl (C=O) groups excluding carboxylic acids is 1. The highest BCUT2D eigenvalue weighted by Crippen LogP contribution is 2.25. The first-order valence-electron chi connectivity index (χ1n) is 9.17. The number of nitrogens with zero attached hydrogens (tertiary/aromatic N) is 2. The van der Waals surface area contributed by atoms with Gasteiger partial charge in [0.1, 0.15) is 0 Å². The molecule has 0 bridgehead atoms. The molecule has 4 rings (SSSR count). The first kappa shape index (κ1) is 18.9. The molecule has 0 saturated carbocycles. The van der Waals surface area contributed by atoms with Crippen LogP contribution in [0.3, 0.4) is 0 Å². The first-order chi connectivity index (χ1) is 14.2. The number of benzene rings is 2. The van der Waals surface area contributed by atoms with Crippen LogP contribution in [-0.2, 0) is 4.79 Å². The van der Waals surface area contributed by atoms with Gasteiger partial charge >= 0.3 is 10.7 Å². The Morgan fingerprint density at radius 3 is 2.79 bits per heavy atom. The molecule has 2 N–H and O–H groups in total. The van der Waals surface area contributed by atoms with Gasteiger partial charge in [0.2, 0.25) is 11.6 Å². The molecule has 0 radical (unpaired) electrons. The molecular formula is C21H19N4O3S+. The highest BCUT2D eigenvalue weighted by atomic mass is 32.2. The zero-order valence-electron chi connectivity index (χ0n) is 15.7. The largest absolute Gasteiger partial charge is 0.442 e. The smallest absolute Gasteiger partial charge is 0.324 e. The molecule has 2 heterocycles. The standard InChI is InChI=1S/C21H18N4O3S/c1-2-18(19(26)23-17-12-6-11-16-15(17)10-7-13-22-16)29-20-21(27)28-24-25(20)14-8-4-3-5-9-14/h3-13,18H,2H2,1H3,(H-,22,23,24,26,27)/p+1. The van der Waals surface area contributed by atoms with Gasteiger partial charge in [-0.25, -0.2) is 4.79 Å². The van der Waals surface area contributed by atoms with Crippen LogP contribution in [0.1, 0.15) is 13.3 Å². The van der Waals surface area contributed by atoms with E-state index in [0.29, 0.717) is 17.1 Å². The van der Waals surface area contributed by atoms with E-state index in [-0.39, 0.29) is 5.91 Å². The summed E-state index contributed by atoms with van der Waals surface area (Å²) in [4.78, 5) is 29.5. The Bertz CT molecular complexity index is 1200. The molecule has 2 aromatic carbocycles. The van der Waals surface area contributed by atoms with Gasteiger partial charge in [0.05, 0.1) is 16.5 Å². The van der Waals surface area contributed by atoms with E-state index in [1.54, 1.807) is 10.9 Å². The van der Waals surface area contributed by atoms with E-state index in [4.69, 9.17) is 4.52 Å². The predicted octanol–water partition coefficient (Wildman–Crippen LogP) is 3.30. The maximum atomic E-state index is 13.0. The Labute approximate surface area is 170 Å². The molecule has 0 aliphatic carbocycles. The third kappa shape index (κ3) is 3.93. The molecular weight excluding hydrogens is 388 g/mol. The lowest BCUT2D eigenvalue weighted by Gasteiger charge is -2.13. The summed E-state index contributed by atoms with van der Waals surface area (Å²) < 4.78 is 6.52. The van der Waals surface area contributed by atoms with Gasteiger partial charge in [-0.1, -0.05) is 31.2 Å². The number of aromatic nitrogens is 3. The average molecular weight is 407 g/mol. The highest BCUT2D eigenvalue weighted by molar-refractivity contribution is 8.00. The highest BCUT2D eigenvalue weighted by Gasteiger charge is 2.30. The van der Waals surface area contributed by atoms with E-state index >= 15 is 0 Å². The van der Waals surface area contributed by atoms with E-state index in [9.17, 15) is 9.59 Å². The van der Waals surface area contributed by atoms with E-state index in [0.717, 1.165) is 16.6 Å². The van der Waals surface area contributed by atoms with Crippen LogP contribution < -0.4 is 15.6 Å². The normalized spacial score (nSPS) is 12.0. The summed E-state index contributed by atoms with van der Waals surface area (Å²) in [6, 6.07) is 18.6. The topological polar surface area (TPSA) is 91.9 Å². The van der Waals surface area contributed by atoms with Crippen molar-refractivity contribution in [1.82, 2.24) is 10.3 Å². The Morgan fingerprint density at radius 1 is 1.17 bits per heavy atom. The molecule has 2 aromatic heterocycles. The zero-order valence-corrected chi connectivity index (χ0v) is 16.5. The summed E-state index contributed by atoms with van der Waals surface area (Å²) in [5, 5.41) is 6.28. The van der Waals surface area contributed by atoms with Gasteiger partial charge in [-0.3, -0.25) is 14.3 Å². The van der Waals surface area contributed by atoms with Gasteiger partial charge in [-0.05, 0) is 52.4 Å². The number of hydrogen-bond donors (Lipinski definition) is 2. The number of pyridine rings is 1. The minimum Gasteiger partial charge on any atom is -0.324 e. The van der Waals surface area contributed by atoms with Crippen molar-refractivity contribution in [3.05, 3.63) is 77.3 Å². The Morgan fingerprint density at radius 2 is 2.00 bits per heavy atom. The van der Waals surface area contributed by atoms with Gasteiger partial charge in [0.25, 0.3) is 0 Å². The fraction of sp³-hybridized carbons (Fsp3) is 0.143. The summed E-state index contributed by atoms with van der Waals surface area (Å²) in [5.74, 6) is -0.186. The van der Waals surface area contributed by atoms with E-state index in [2.05, 4.69) is 15.6 Å². The summed E-state index contributed by atoms with van der Waals surface area (Å²) in [5.41, 5.74) is 1.73. The maximum Gasteiger partial charge on any atom is 0.442 e. The number of aromatic amines is 1. The number of para-hydroxylation sites is 1. The number of fused-ring (bicyclic) bond motifs is 1. The van der Waals surface area contributed by atoms with Gasteiger partial charge in [-0.15, -0.1) is 0 Å². The first-order valence-corrected chi connectivity index (χ1v) is 10.1. The summed E-state index contributed by atoms with van der Waals surface area (Å²) in [7, 11) is 0. The number of hydrogen-bond acceptors (Lipinski definition) is 5. The maximum absolute atomic E-state index is 13.0. The number of amides is 1. The van der Waals surface area contributed by atoms with E-state index in [1.165, 1.54) is 11.8 Å². The SMILES string of the molecule is CCC(Sc1c(=O)o[nH][n+]1-c1ccccc1)C(=O)Nc1cccc2ncccc12. The van der Waals surface area contributed by atoms with Gasteiger partial charge in [0, 0.05) is 23.7 Å². The predicted molar refractivity (Wildman–Crippen MR) is 111 cm³/mol. The number of H-pyrrole nitrogens is 1. The van der Waals surface area contributed by atoms with Crippen molar-refractivity contribution in [3.63, 3.8) is 0 Å². The van der Waals surface area contributed by atoms with Crippen LogP contribution >= 0.6 is 11.8 Å². The number of nitrogens with one attached hydrogen (secondary N) is 2.